The third-order valence-electron chi connectivity index (χ3n) is 5.30. The summed E-state index contributed by atoms with van der Waals surface area (Å²) in [4.78, 5) is 34.5. The van der Waals surface area contributed by atoms with Gasteiger partial charge in [0.2, 0.25) is 11.9 Å². The Kier molecular flexibility index (Phi) is 5.14. The number of hydrogen-bond acceptors (Lipinski definition) is 7. The van der Waals surface area contributed by atoms with Crippen molar-refractivity contribution in [3.05, 3.63) is 67.4 Å². The number of piperazine rings is 1. The summed E-state index contributed by atoms with van der Waals surface area (Å²) in [6, 6.07) is 13.7. The number of para-hydroxylation sites is 2. The number of nitrogens with zero attached hydrogens (tertiary/aromatic N) is 7. The third-order valence-corrected chi connectivity index (χ3v) is 5.30. The van der Waals surface area contributed by atoms with Gasteiger partial charge in [-0.2, -0.15) is 0 Å². The van der Waals surface area contributed by atoms with E-state index in [1.165, 1.54) is 0 Å². The van der Waals surface area contributed by atoms with Gasteiger partial charge in [0.25, 0.3) is 0 Å². The lowest BCUT2D eigenvalue weighted by Gasteiger charge is -2.35. The summed E-state index contributed by atoms with van der Waals surface area (Å²) in [5.41, 5.74) is 2.37. The van der Waals surface area contributed by atoms with Gasteiger partial charge < -0.3 is 19.7 Å². The molecule has 1 aromatic carbocycles. The molecule has 0 bridgehead atoms. The minimum Gasteiger partial charge on any atom is -0.353 e. The van der Waals surface area contributed by atoms with Gasteiger partial charge in [-0.1, -0.05) is 18.2 Å². The number of pyridine rings is 1. The van der Waals surface area contributed by atoms with Gasteiger partial charge in [0.15, 0.2) is 0 Å². The smallest absolute Gasteiger partial charge is 0.244 e. The van der Waals surface area contributed by atoms with Crippen LogP contribution in [0.5, 0.6) is 0 Å². The Labute approximate surface area is 179 Å². The molecule has 0 atom stereocenters. The minimum atomic E-state index is -0.150. The first-order valence-corrected chi connectivity index (χ1v) is 10.2. The van der Waals surface area contributed by atoms with Gasteiger partial charge in [-0.15, -0.1) is 0 Å². The lowest BCUT2D eigenvalue weighted by Crippen LogP contribution is -2.47. The van der Waals surface area contributed by atoms with Crippen molar-refractivity contribution in [3.63, 3.8) is 0 Å². The number of nitrogens with one attached hydrogen (secondary N) is 1. The van der Waals surface area contributed by atoms with Crippen LogP contribution >= 0.6 is 0 Å². The fourth-order valence-electron chi connectivity index (χ4n) is 3.72. The van der Waals surface area contributed by atoms with E-state index < -0.39 is 0 Å². The van der Waals surface area contributed by atoms with Crippen LogP contribution in [-0.4, -0.2) is 56.6 Å². The largest absolute Gasteiger partial charge is 0.353 e. The minimum absolute atomic E-state index is 0.150. The van der Waals surface area contributed by atoms with Crippen molar-refractivity contribution in [1.29, 1.82) is 0 Å². The second kappa shape index (κ2) is 8.39. The molecule has 4 heterocycles. The molecular formula is C22H22N8O. The van der Waals surface area contributed by atoms with E-state index in [-0.39, 0.29) is 12.5 Å². The molecule has 0 saturated carbocycles. The topological polar surface area (TPSA) is 92.1 Å². The van der Waals surface area contributed by atoms with Gasteiger partial charge in [0.1, 0.15) is 12.4 Å². The molecule has 1 saturated heterocycles. The Balaban J connectivity index is 1.17. The second-order valence-corrected chi connectivity index (χ2v) is 7.34. The standard InChI is InChI=1S/C22H22N8O/c31-21(15-30-16-26-18-5-1-2-6-19(18)30)27-17-13-24-22(25-14-17)29-11-9-28(10-12-29)20-7-3-4-8-23-20/h1-8,13-14,16H,9-12,15H2,(H,27,31). The number of amides is 1. The van der Waals surface area contributed by atoms with E-state index in [1.54, 1.807) is 18.7 Å². The molecule has 9 nitrogen and oxygen atoms in total. The van der Waals surface area contributed by atoms with Gasteiger partial charge >= 0.3 is 0 Å². The van der Waals surface area contributed by atoms with E-state index in [0.717, 1.165) is 43.0 Å². The van der Waals surface area contributed by atoms with Crippen molar-refractivity contribution in [2.24, 2.45) is 0 Å². The van der Waals surface area contributed by atoms with E-state index in [0.29, 0.717) is 11.6 Å². The number of anilines is 3. The maximum absolute atomic E-state index is 12.4. The zero-order valence-electron chi connectivity index (χ0n) is 16.9. The molecule has 1 amide bonds. The predicted octanol–water partition coefficient (Wildman–Crippen LogP) is 2.19. The molecule has 1 aliphatic rings. The van der Waals surface area contributed by atoms with Crippen LogP contribution in [0.15, 0.2) is 67.4 Å². The summed E-state index contributed by atoms with van der Waals surface area (Å²) in [7, 11) is 0. The zero-order valence-corrected chi connectivity index (χ0v) is 16.9. The Morgan fingerprint density at radius 2 is 1.61 bits per heavy atom. The van der Waals surface area contributed by atoms with Gasteiger partial charge in [-0.3, -0.25) is 4.79 Å². The Hall–Kier alpha value is -4.01. The molecule has 5 rings (SSSR count). The van der Waals surface area contributed by atoms with Gasteiger partial charge in [-0.05, 0) is 24.3 Å². The van der Waals surface area contributed by atoms with Crippen molar-refractivity contribution in [2.75, 3.05) is 41.3 Å². The highest BCUT2D eigenvalue weighted by atomic mass is 16.1. The number of carbonyl (C=O) groups excluding carboxylic acids is 1. The lowest BCUT2D eigenvalue weighted by atomic mass is 10.3. The Bertz CT molecular complexity index is 1170. The van der Waals surface area contributed by atoms with E-state index in [1.807, 2.05) is 53.2 Å². The molecule has 3 aromatic heterocycles. The summed E-state index contributed by atoms with van der Waals surface area (Å²) < 4.78 is 1.82. The van der Waals surface area contributed by atoms with Crippen LogP contribution in [0.25, 0.3) is 11.0 Å². The van der Waals surface area contributed by atoms with E-state index in [4.69, 9.17) is 0 Å². The van der Waals surface area contributed by atoms with Gasteiger partial charge in [0.05, 0.1) is 35.4 Å². The molecule has 0 unspecified atom stereocenters. The molecule has 1 N–H and O–H groups in total. The lowest BCUT2D eigenvalue weighted by molar-refractivity contribution is -0.116. The van der Waals surface area contributed by atoms with E-state index in [9.17, 15) is 4.79 Å². The van der Waals surface area contributed by atoms with Crippen molar-refractivity contribution >= 4 is 34.4 Å². The number of benzene rings is 1. The van der Waals surface area contributed by atoms with Crippen molar-refractivity contribution in [3.8, 4) is 0 Å². The first-order chi connectivity index (χ1) is 15.3. The molecule has 0 aliphatic carbocycles. The molecule has 4 aromatic rings. The summed E-state index contributed by atoms with van der Waals surface area (Å²) in [5, 5.41) is 2.86. The molecule has 1 fully saturated rings. The van der Waals surface area contributed by atoms with Gasteiger partial charge in [-0.25, -0.2) is 19.9 Å². The summed E-state index contributed by atoms with van der Waals surface area (Å²) in [5.74, 6) is 1.51. The molecule has 0 spiro atoms. The molecule has 156 valence electrons. The Morgan fingerprint density at radius 1 is 0.871 bits per heavy atom. The van der Waals surface area contributed by atoms with Crippen molar-refractivity contribution in [2.45, 2.75) is 6.54 Å². The van der Waals surface area contributed by atoms with Crippen molar-refractivity contribution < 1.29 is 4.79 Å². The second-order valence-electron chi connectivity index (χ2n) is 7.34. The third kappa shape index (κ3) is 4.16. The highest BCUT2D eigenvalue weighted by Gasteiger charge is 2.19. The number of imidazole rings is 1. The average molecular weight is 414 g/mol. The maximum Gasteiger partial charge on any atom is 0.244 e. The highest BCUT2D eigenvalue weighted by molar-refractivity contribution is 5.91. The van der Waals surface area contributed by atoms with Crippen LogP contribution in [0.4, 0.5) is 17.5 Å². The molecule has 9 heteroatoms. The fourth-order valence-corrected chi connectivity index (χ4v) is 3.72. The molecule has 0 radical (unpaired) electrons. The fraction of sp³-hybridized carbons (Fsp3) is 0.227. The molecular weight excluding hydrogens is 392 g/mol. The number of hydrogen-bond donors (Lipinski definition) is 1. The van der Waals surface area contributed by atoms with Crippen LogP contribution < -0.4 is 15.1 Å². The Morgan fingerprint density at radius 3 is 2.39 bits per heavy atom. The van der Waals surface area contributed by atoms with Crippen LogP contribution in [-0.2, 0) is 11.3 Å². The summed E-state index contributed by atoms with van der Waals surface area (Å²) in [6.07, 6.45) is 6.79. The predicted molar refractivity (Wildman–Crippen MR) is 119 cm³/mol. The number of carbonyl (C=O) groups is 1. The van der Waals surface area contributed by atoms with Crippen LogP contribution in [0.2, 0.25) is 0 Å². The number of aromatic nitrogens is 5. The average Bonchev–Trinajstić information content (AvgIpc) is 3.23. The highest BCUT2D eigenvalue weighted by Crippen LogP contribution is 2.17. The van der Waals surface area contributed by atoms with E-state index >= 15 is 0 Å². The zero-order chi connectivity index (χ0) is 21.0. The van der Waals surface area contributed by atoms with Crippen LogP contribution in [0.1, 0.15) is 0 Å². The summed E-state index contributed by atoms with van der Waals surface area (Å²) >= 11 is 0. The number of fused-ring (bicyclic) bond motifs is 1. The normalized spacial score (nSPS) is 14.1. The number of rotatable bonds is 5. The maximum atomic E-state index is 12.4. The molecule has 1 aliphatic heterocycles. The summed E-state index contributed by atoms with van der Waals surface area (Å²) in [6.45, 7) is 3.53. The van der Waals surface area contributed by atoms with Gasteiger partial charge in [0, 0.05) is 32.4 Å². The van der Waals surface area contributed by atoms with Crippen LogP contribution in [0.3, 0.4) is 0 Å². The van der Waals surface area contributed by atoms with E-state index in [2.05, 4.69) is 35.1 Å². The molecule has 31 heavy (non-hydrogen) atoms. The SMILES string of the molecule is O=C(Cn1cnc2ccccc21)Nc1cnc(N2CCN(c3ccccn3)CC2)nc1. The quantitative estimate of drug-likeness (QED) is 0.535. The first kappa shape index (κ1) is 19.0. The first-order valence-electron chi connectivity index (χ1n) is 10.2. The van der Waals surface area contributed by atoms with Crippen molar-refractivity contribution in [1.82, 2.24) is 24.5 Å². The van der Waals surface area contributed by atoms with Crippen LogP contribution in [0, 0.1) is 0 Å². The monoisotopic (exact) mass is 414 g/mol.